The van der Waals surface area contributed by atoms with E-state index in [0.29, 0.717) is 6.04 Å². The summed E-state index contributed by atoms with van der Waals surface area (Å²) in [6.07, 6.45) is 5.20. The van der Waals surface area contributed by atoms with E-state index in [1.54, 1.807) is 0 Å². The van der Waals surface area contributed by atoms with Crippen LogP contribution in [0, 0.1) is 13.8 Å². The van der Waals surface area contributed by atoms with Gasteiger partial charge in [-0.05, 0) is 46.8 Å². The predicted octanol–water partition coefficient (Wildman–Crippen LogP) is 1.49. The Bertz CT molecular complexity index is 618. The van der Waals surface area contributed by atoms with Crippen LogP contribution in [-0.4, -0.2) is 49.6 Å². The molecular formula is C15H24N6. The van der Waals surface area contributed by atoms with Crippen LogP contribution >= 0.6 is 0 Å². The van der Waals surface area contributed by atoms with Crippen molar-refractivity contribution >= 4 is 0 Å². The van der Waals surface area contributed by atoms with Gasteiger partial charge in [0, 0.05) is 25.2 Å². The first-order chi connectivity index (χ1) is 10.0. The molecule has 6 heteroatoms. The second-order valence-electron chi connectivity index (χ2n) is 6.14. The Morgan fingerprint density at radius 1 is 1.14 bits per heavy atom. The highest BCUT2D eigenvalue weighted by molar-refractivity contribution is 5.20. The smallest absolute Gasteiger partial charge is 0.147 e. The van der Waals surface area contributed by atoms with Crippen molar-refractivity contribution < 1.29 is 0 Å². The predicted molar refractivity (Wildman–Crippen MR) is 81.3 cm³/mol. The van der Waals surface area contributed by atoms with Crippen molar-refractivity contribution in [2.24, 2.45) is 7.05 Å². The van der Waals surface area contributed by atoms with E-state index >= 15 is 0 Å². The Morgan fingerprint density at radius 3 is 2.48 bits per heavy atom. The van der Waals surface area contributed by atoms with Gasteiger partial charge >= 0.3 is 0 Å². The van der Waals surface area contributed by atoms with Crippen LogP contribution in [0.15, 0.2) is 6.20 Å². The van der Waals surface area contributed by atoms with Gasteiger partial charge in [0.05, 0.1) is 11.7 Å². The number of likely N-dealkylation sites (tertiary alicyclic amines) is 1. The molecule has 1 fully saturated rings. The van der Waals surface area contributed by atoms with E-state index < -0.39 is 0 Å². The first kappa shape index (κ1) is 14.3. The molecule has 6 nitrogen and oxygen atoms in total. The summed E-state index contributed by atoms with van der Waals surface area (Å²) < 4.78 is 4.03. The summed E-state index contributed by atoms with van der Waals surface area (Å²) in [6, 6.07) is 0.481. The lowest BCUT2D eigenvalue weighted by Crippen LogP contribution is -2.32. The van der Waals surface area contributed by atoms with Gasteiger partial charge in [0.1, 0.15) is 11.6 Å². The highest BCUT2D eigenvalue weighted by Crippen LogP contribution is 2.23. The van der Waals surface area contributed by atoms with Crippen molar-refractivity contribution in [3.05, 3.63) is 29.1 Å². The molecule has 0 N–H and O–H groups in total. The highest BCUT2D eigenvalue weighted by atomic mass is 15.4. The van der Waals surface area contributed by atoms with Gasteiger partial charge in [-0.3, -0.25) is 4.68 Å². The molecule has 3 rings (SSSR count). The van der Waals surface area contributed by atoms with Crippen molar-refractivity contribution in [2.75, 3.05) is 20.1 Å². The number of piperidine rings is 1. The van der Waals surface area contributed by atoms with Gasteiger partial charge in [-0.1, -0.05) is 0 Å². The zero-order valence-corrected chi connectivity index (χ0v) is 13.4. The molecule has 0 aliphatic carbocycles. The fourth-order valence-electron chi connectivity index (χ4n) is 3.12. The molecule has 0 unspecified atom stereocenters. The second kappa shape index (κ2) is 5.60. The molecule has 1 saturated heterocycles. The molecule has 2 aromatic rings. The van der Waals surface area contributed by atoms with Gasteiger partial charge in [-0.15, -0.1) is 0 Å². The number of aryl methyl sites for hydroxylation is 3. The maximum atomic E-state index is 4.65. The molecule has 0 radical (unpaired) electrons. The summed E-state index contributed by atoms with van der Waals surface area (Å²) >= 11 is 0. The highest BCUT2D eigenvalue weighted by Gasteiger charge is 2.22. The second-order valence-corrected chi connectivity index (χ2v) is 6.14. The fourth-order valence-corrected chi connectivity index (χ4v) is 3.12. The molecule has 21 heavy (non-hydrogen) atoms. The van der Waals surface area contributed by atoms with Crippen molar-refractivity contribution in [2.45, 2.75) is 39.2 Å². The topological polar surface area (TPSA) is 51.8 Å². The van der Waals surface area contributed by atoms with Crippen molar-refractivity contribution in [1.82, 2.24) is 29.4 Å². The lowest BCUT2D eigenvalue weighted by molar-refractivity contribution is 0.209. The van der Waals surface area contributed by atoms with E-state index in [4.69, 9.17) is 0 Å². The Hall–Kier alpha value is -1.69. The lowest BCUT2D eigenvalue weighted by Gasteiger charge is -2.29. The monoisotopic (exact) mass is 288 g/mol. The van der Waals surface area contributed by atoms with Crippen LogP contribution in [0.1, 0.15) is 41.8 Å². The van der Waals surface area contributed by atoms with E-state index in [2.05, 4.69) is 44.9 Å². The molecule has 1 aliphatic rings. The average molecular weight is 288 g/mol. The minimum Gasteiger partial charge on any atom is -0.306 e. The Balaban J connectivity index is 1.84. The lowest BCUT2D eigenvalue weighted by atomic mass is 10.1. The van der Waals surface area contributed by atoms with E-state index in [-0.39, 0.29) is 0 Å². The van der Waals surface area contributed by atoms with Crippen LogP contribution in [0.5, 0.6) is 0 Å². The standard InChI is InChI=1S/C15H24N6/c1-11-13(10-20(4)17-11)9-15-16-12(2)18-21(15)14-5-7-19(3)8-6-14/h10,14H,5-9H2,1-4H3. The Labute approximate surface area is 125 Å². The van der Waals surface area contributed by atoms with Gasteiger partial charge in [0.25, 0.3) is 0 Å². The third-order valence-electron chi connectivity index (χ3n) is 4.31. The Kier molecular flexibility index (Phi) is 3.80. The first-order valence-corrected chi connectivity index (χ1v) is 7.62. The quantitative estimate of drug-likeness (QED) is 0.858. The first-order valence-electron chi connectivity index (χ1n) is 7.62. The number of rotatable bonds is 3. The number of hydrogen-bond donors (Lipinski definition) is 0. The molecule has 0 spiro atoms. The minimum atomic E-state index is 0.481. The van der Waals surface area contributed by atoms with Gasteiger partial charge in [0.15, 0.2) is 0 Å². The van der Waals surface area contributed by atoms with Gasteiger partial charge in [-0.2, -0.15) is 10.2 Å². The largest absolute Gasteiger partial charge is 0.306 e. The van der Waals surface area contributed by atoms with Crippen LogP contribution in [0.25, 0.3) is 0 Å². The number of aromatic nitrogens is 5. The van der Waals surface area contributed by atoms with Crippen molar-refractivity contribution in [1.29, 1.82) is 0 Å². The molecule has 0 aromatic carbocycles. The van der Waals surface area contributed by atoms with Gasteiger partial charge < -0.3 is 4.90 Å². The summed E-state index contributed by atoms with van der Waals surface area (Å²) in [5.41, 5.74) is 2.31. The molecule has 1 aliphatic heterocycles. The summed E-state index contributed by atoms with van der Waals surface area (Å²) in [5.74, 6) is 1.93. The van der Waals surface area contributed by atoms with Gasteiger partial charge in [-0.25, -0.2) is 9.67 Å². The van der Waals surface area contributed by atoms with Crippen LogP contribution in [0.4, 0.5) is 0 Å². The molecule has 0 bridgehead atoms. The van der Waals surface area contributed by atoms with Crippen LogP contribution in [-0.2, 0) is 13.5 Å². The summed E-state index contributed by atoms with van der Waals surface area (Å²) in [5, 5.41) is 9.07. The SMILES string of the molecule is Cc1nc(Cc2cn(C)nc2C)n(C2CCN(C)CC2)n1. The molecular weight excluding hydrogens is 264 g/mol. The fraction of sp³-hybridized carbons (Fsp3) is 0.667. The number of nitrogens with zero attached hydrogens (tertiary/aromatic N) is 6. The number of hydrogen-bond acceptors (Lipinski definition) is 4. The third-order valence-corrected chi connectivity index (χ3v) is 4.31. The zero-order chi connectivity index (χ0) is 15.0. The molecule has 2 aromatic heterocycles. The van der Waals surface area contributed by atoms with E-state index in [0.717, 1.165) is 49.7 Å². The van der Waals surface area contributed by atoms with Crippen molar-refractivity contribution in [3.63, 3.8) is 0 Å². The maximum Gasteiger partial charge on any atom is 0.147 e. The van der Waals surface area contributed by atoms with Crippen LogP contribution in [0.2, 0.25) is 0 Å². The summed E-state index contributed by atoms with van der Waals surface area (Å²) in [6.45, 7) is 6.30. The molecule has 0 amide bonds. The summed E-state index contributed by atoms with van der Waals surface area (Å²) in [4.78, 5) is 7.03. The minimum absolute atomic E-state index is 0.481. The third kappa shape index (κ3) is 3.00. The molecule has 114 valence electrons. The average Bonchev–Trinajstić information content (AvgIpc) is 2.94. The van der Waals surface area contributed by atoms with Gasteiger partial charge in [0.2, 0.25) is 0 Å². The summed E-state index contributed by atoms with van der Waals surface area (Å²) in [7, 11) is 4.15. The molecule has 0 atom stereocenters. The normalized spacial score (nSPS) is 17.5. The van der Waals surface area contributed by atoms with Crippen LogP contribution in [0.3, 0.4) is 0 Å². The van der Waals surface area contributed by atoms with Crippen LogP contribution < -0.4 is 0 Å². The van der Waals surface area contributed by atoms with Crippen molar-refractivity contribution in [3.8, 4) is 0 Å². The molecule has 3 heterocycles. The van der Waals surface area contributed by atoms with E-state index in [1.807, 2.05) is 18.7 Å². The van der Waals surface area contributed by atoms with E-state index in [1.165, 1.54) is 5.56 Å². The zero-order valence-electron chi connectivity index (χ0n) is 13.4. The maximum absolute atomic E-state index is 4.65. The molecule has 0 saturated carbocycles. The van der Waals surface area contributed by atoms with E-state index in [9.17, 15) is 0 Å². The Morgan fingerprint density at radius 2 is 1.86 bits per heavy atom.